The summed E-state index contributed by atoms with van der Waals surface area (Å²) in [7, 11) is 0. The largest absolute Gasteiger partial charge is 0.393 e. The van der Waals surface area contributed by atoms with Gasteiger partial charge in [0.25, 0.3) is 0 Å². The van der Waals surface area contributed by atoms with Gasteiger partial charge in [-0.1, -0.05) is 31.4 Å². The average Bonchev–Trinajstić information content (AvgIpc) is 2.52. The van der Waals surface area contributed by atoms with Gasteiger partial charge in [0, 0.05) is 12.8 Å². The molecule has 2 heteroatoms. The summed E-state index contributed by atoms with van der Waals surface area (Å²) in [6.07, 6.45) is 9.38. The molecule has 22 heavy (non-hydrogen) atoms. The normalized spacial score (nSPS) is 40.2. The average molecular weight is 304 g/mol. The lowest BCUT2D eigenvalue weighted by molar-refractivity contribution is -0.119. The molecular weight excluding hydrogens is 272 g/mol. The first-order valence-corrected chi connectivity index (χ1v) is 9.44. The van der Waals surface area contributed by atoms with E-state index in [0.717, 1.165) is 44.4 Å². The maximum atomic E-state index is 11.8. The number of aliphatic hydroxyl groups is 1. The zero-order chi connectivity index (χ0) is 15.9. The number of allylic oxidation sites excluding steroid dienone is 2. The van der Waals surface area contributed by atoms with Gasteiger partial charge in [-0.15, -0.1) is 0 Å². The fourth-order valence-corrected chi connectivity index (χ4v) is 6.26. The van der Waals surface area contributed by atoms with Crippen molar-refractivity contribution >= 4 is 5.78 Å². The zero-order valence-electron chi connectivity index (χ0n) is 14.5. The predicted molar refractivity (Wildman–Crippen MR) is 89.5 cm³/mol. The molecule has 124 valence electrons. The second kappa shape index (κ2) is 6.11. The summed E-state index contributed by atoms with van der Waals surface area (Å²) < 4.78 is 0. The number of hydrogen-bond donors (Lipinski definition) is 1. The van der Waals surface area contributed by atoms with Crippen molar-refractivity contribution in [2.24, 2.45) is 23.2 Å². The summed E-state index contributed by atoms with van der Waals surface area (Å²) in [6.45, 7) is 6.59. The highest BCUT2D eigenvalue weighted by Gasteiger charge is 2.51. The van der Waals surface area contributed by atoms with E-state index in [0.29, 0.717) is 17.6 Å². The van der Waals surface area contributed by atoms with Crippen LogP contribution in [0, 0.1) is 23.2 Å². The third-order valence-corrected chi connectivity index (χ3v) is 7.39. The van der Waals surface area contributed by atoms with Crippen LogP contribution in [0.4, 0.5) is 0 Å². The minimum atomic E-state index is -0.202. The van der Waals surface area contributed by atoms with Crippen LogP contribution in [0.2, 0.25) is 0 Å². The SMILES string of the molecule is CCC1[C@@H]2CCC3=C(CCC(=O)C3)[C@H]2CCC1(CC)C(C)O. The molecule has 3 aliphatic carbocycles. The van der Waals surface area contributed by atoms with E-state index in [1.165, 1.54) is 24.8 Å². The lowest BCUT2D eigenvalue weighted by Gasteiger charge is -2.55. The number of aliphatic hydroxyl groups excluding tert-OH is 1. The van der Waals surface area contributed by atoms with Gasteiger partial charge in [-0.25, -0.2) is 0 Å². The van der Waals surface area contributed by atoms with E-state index in [2.05, 4.69) is 13.8 Å². The summed E-state index contributed by atoms with van der Waals surface area (Å²) in [5, 5.41) is 10.5. The van der Waals surface area contributed by atoms with Crippen LogP contribution in [0.1, 0.15) is 78.6 Å². The smallest absolute Gasteiger partial charge is 0.137 e. The minimum Gasteiger partial charge on any atom is -0.393 e. The van der Waals surface area contributed by atoms with Crippen molar-refractivity contribution in [2.75, 3.05) is 0 Å². The van der Waals surface area contributed by atoms with Gasteiger partial charge in [-0.05, 0) is 68.6 Å². The van der Waals surface area contributed by atoms with E-state index in [1.54, 1.807) is 5.57 Å². The zero-order valence-corrected chi connectivity index (χ0v) is 14.5. The summed E-state index contributed by atoms with van der Waals surface area (Å²) in [6, 6.07) is 0. The molecule has 0 heterocycles. The fourth-order valence-electron chi connectivity index (χ4n) is 6.26. The molecule has 0 bridgehead atoms. The van der Waals surface area contributed by atoms with Crippen molar-refractivity contribution in [2.45, 2.75) is 84.7 Å². The predicted octanol–water partition coefficient (Wildman–Crippen LogP) is 4.66. The molecule has 3 unspecified atom stereocenters. The molecule has 0 radical (unpaired) electrons. The Bertz CT molecular complexity index is 476. The van der Waals surface area contributed by atoms with E-state index in [-0.39, 0.29) is 11.5 Å². The van der Waals surface area contributed by atoms with E-state index in [1.807, 2.05) is 6.92 Å². The van der Waals surface area contributed by atoms with Gasteiger partial charge in [-0.2, -0.15) is 0 Å². The van der Waals surface area contributed by atoms with Gasteiger partial charge in [0.1, 0.15) is 5.78 Å². The fraction of sp³-hybridized carbons (Fsp3) is 0.850. The van der Waals surface area contributed by atoms with Gasteiger partial charge >= 0.3 is 0 Å². The lowest BCUT2D eigenvalue weighted by atomic mass is 9.50. The maximum Gasteiger partial charge on any atom is 0.137 e. The summed E-state index contributed by atoms with van der Waals surface area (Å²) in [4.78, 5) is 11.8. The molecule has 0 aromatic carbocycles. The van der Waals surface area contributed by atoms with Crippen molar-refractivity contribution in [1.29, 1.82) is 0 Å². The van der Waals surface area contributed by atoms with Crippen LogP contribution < -0.4 is 0 Å². The van der Waals surface area contributed by atoms with Gasteiger partial charge in [0.05, 0.1) is 6.10 Å². The van der Waals surface area contributed by atoms with Gasteiger partial charge in [-0.3, -0.25) is 4.79 Å². The van der Waals surface area contributed by atoms with Crippen LogP contribution in [0.15, 0.2) is 11.1 Å². The molecule has 3 aliphatic rings. The number of carbonyl (C=O) groups is 1. The summed E-state index contributed by atoms with van der Waals surface area (Å²) >= 11 is 0. The molecule has 3 rings (SSSR count). The standard InChI is InChI=1S/C20H32O2/c1-4-19-18-8-6-14-12-15(22)7-9-16(14)17(18)10-11-20(19,5-2)13(3)21/h13,17-19,21H,4-12H2,1-3H3/t13?,17-,18-,19?,20?/m1/s1. The second-order valence-corrected chi connectivity index (χ2v) is 7.97. The van der Waals surface area contributed by atoms with E-state index in [9.17, 15) is 9.90 Å². The molecule has 0 spiro atoms. The Morgan fingerprint density at radius 2 is 2.00 bits per heavy atom. The first-order chi connectivity index (χ1) is 10.5. The highest BCUT2D eigenvalue weighted by molar-refractivity contribution is 5.82. The van der Waals surface area contributed by atoms with Crippen molar-refractivity contribution in [3.05, 3.63) is 11.1 Å². The maximum absolute atomic E-state index is 11.8. The molecule has 0 amide bonds. The van der Waals surface area contributed by atoms with Crippen LogP contribution in [0.5, 0.6) is 0 Å². The quantitative estimate of drug-likeness (QED) is 0.770. The highest BCUT2D eigenvalue weighted by atomic mass is 16.3. The second-order valence-electron chi connectivity index (χ2n) is 7.97. The number of fused-ring (bicyclic) bond motifs is 2. The first-order valence-electron chi connectivity index (χ1n) is 9.44. The molecule has 5 atom stereocenters. The third-order valence-electron chi connectivity index (χ3n) is 7.39. The van der Waals surface area contributed by atoms with Gasteiger partial charge in [0.2, 0.25) is 0 Å². The van der Waals surface area contributed by atoms with Gasteiger partial charge < -0.3 is 5.11 Å². The molecule has 1 N–H and O–H groups in total. The highest BCUT2D eigenvalue weighted by Crippen LogP contribution is 2.58. The molecule has 0 aromatic heterocycles. The Labute approximate surface area is 135 Å². The van der Waals surface area contributed by atoms with Gasteiger partial charge in [0.15, 0.2) is 0 Å². The Morgan fingerprint density at radius 1 is 1.23 bits per heavy atom. The molecule has 0 saturated heterocycles. The van der Waals surface area contributed by atoms with Crippen LogP contribution in [-0.4, -0.2) is 17.0 Å². The van der Waals surface area contributed by atoms with Crippen LogP contribution >= 0.6 is 0 Å². The van der Waals surface area contributed by atoms with E-state index in [4.69, 9.17) is 0 Å². The minimum absolute atomic E-state index is 0.123. The molecule has 0 aromatic rings. The molecule has 1 saturated carbocycles. The van der Waals surface area contributed by atoms with Crippen LogP contribution in [-0.2, 0) is 4.79 Å². The number of rotatable bonds is 3. The van der Waals surface area contributed by atoms with Crippen molar-refractivity contribution in [1.82, 2.24) is 0 Å². The Kier molecular flexibility index (Phi) is 4.51. The number of Topliss-reactive ketones (excluding diaryl/α,β-unsaturated/α-hetero) is 1. The van der Waals surface area contributed by atoms with E-state index >= 15 is 0 Å². The Balaban J connectivity index is 1.91. The molecule has 1 fully saturated rings. The number of hydrogen-bond acceptors (Lipinski definition) is 2. The first kappa shape index (κ1) is 16.2. The topological polar surface area (TPSA) is 37.3 Å². The van der Waals surface area contributed by atoms with Crippen molar-refractivity contribution < 1.29 is 9.90 Å². The number of carbonyl (C=O) groups excluding carboxylic acids is 1. The monoisotopic (exact) mass is 304 g/mol. The van der Waals surface area contributed by atoms with E-state index < -0.39 is 0 Å². The van der Waals surface area contributed by atoms with Crippen molar-refractivity contribution in [3.63, 3.8) is 0 Å². The molecular formula is C20H32O2. The number of ketones is 1. The Hall–Kier alpha value is -0.630. The molecule has 2 nitrogen and oxygen atoms in total. The summed E-state index contributed by atoms with van der Waals surface area (Å²) in [5.41, 5.74) is 3.27. The Morgan fingerprint density at radius 3 is 2.64 bits per heavy atom. The summed E-state index contributed by atoms with van der Waals surface area (Å²) in [5.74, 6) is 2.54. The van der Waals surface area contributed by atoms with Crippen LogP contribution in [0.3, 0.4) is 0 Å². The van der Waals surface area contributed by atoms with Crippen molar-refractivity contribution in [3.8, 4) is 0 Å². The molecule has 0 aliphatic heterocycles. The lowest BCUT2D eigenvalue weighted by Crippen LogP contribution is -2.50. The van der Waals surface area contributed by atoms with Crippen LogP contribution in [0.25, 0.3) is 0 Å². The third kappa shape index (κ3) is 2.38.